The van der Waals surface area contributed by atoms with Crippen molar-refractivity contribution in [1.82, 2.24) is 19.6 Å². The zero-order valence-corrected chi connectivity index (χ0v) is 17.6. The Labute approximate surface area is 171 Å². The van der Waals surface area contributed by atoms with Gasteiger partial charge in [-0.2, -0.15) is 0 Å². The summed E-state index contributed by atoms with van der Waals surface area (Å²) < 4.78 is 7.17. The third-order valence-corrected chi connectivity index (χ3v) is 5.28. The van der Waals surface area contributed by atoms with E-state index < -0.39 is 0 Å². The smallest absolute Gasteiger partial charge is 0.252 e. The van der Waals surface area contributed by atoms with Crippen molar-refractivity contribution >= 4 is 23.3 Å². The number of nitrogens with zero attached hydrogens (tertiary/aromatic N) is 4. The van der Waals surface area contributed by atoms with Crippen LogP contribution in [0.5, 0.6) is 0 Å². The van der Waals surface area contributed by atoms with E-state index in [1.165, 1.54) is 0 Å². The topological polar surface area (TPSA) is 79.2 Å². The molecule has 0 saturated carbocycles. The predicted octanol–water partition coefficient (Wildman–Crippen LogP) is 1.86. The molecule has 0 spiro atoms. The normalized spacial score (nSPS) is 14.9. The van der Waals surface area contributed by atoms with Crippen LogP contribution in [0.4, 0.5) is 5.82 Å². The van der Waals surface area contributed by atoms with Gasteiger partial charge >= 0.3 is 0 Å². The number of morpholine rings is 1. The van der Waals surface area contributed by atoms with Crippen molar-refractivity contribution < 1.29 is 14.3 Å². The maximum Gasteiger partial charge on any atom is 0.252 e. The summed E-state index contributed by atoms with van der Waals surface area (Å²) in [5.74, 6) is 0.638. The van der Waals surface area contributed by atoms with Crippen molar-refractivity contribution in [3.8, 4) is 0 Å². The van der Waals surface area contributed by atoms with Crippen molar-refractivity contribution in [2.24, 2.45) is 0 Å². The first-order valence-electron chi connectivity index (χ1n) is 10.3. The summed E-state index contributed by atoms with van der Waals surface area (Å²) in [4.78, 5) is 33.6. The minimum atomic E-state index is -0.127. The number of nitrogens with one attached hydrogen (secondary N) is 1. The molecule has 29 heavy (non-hydrogen) atoms. The van der Waals surface area contributed by atoms with Crippen LogP contribution in [-0.4, -0.2) is 72.5 Å². The van der Waals surface area contributed by atoms with Crippen molar-refractivity contribution in [3.63, 3.8) is 0 Å². The van der Waals surface area contributed by atoms with Gasteiger partial charge in [0, 0.05) is 45.8 Å². The van der Waals surface area contributed by atoms with Crippen LogP contribution in [0.1, 0.15) is 42.2 Å². The summed E-state index contributed by atoms with van der Waals surface area (Å²) >= 11 is 0. The van der Waals surface area contributed by atoms with Gasteiger partial charge in [-0.05, 0) is 25.5 Å². The fraction of sp³-hybridized carbons (Fsp3) is 0.571. The van der Waals surface area contributed by atoms with Crippen LogP contribution in [0, 0.1) is 6.92 Å². The summed E-state index contributed by atoms with van der Waals surface area (Å²) in [6, 6.07) is 3.59. The van der Waals surface area contributed by atoms with Gasteiger partial charge in [0.25, 0.3) is 5.91 Å². The van der Waals surface area contributed by atoms with Gasteiger partial charge in [0.15, 0.2) is 0 Å². The van der Waals surface area contributed by atoms with Crippen molar-refractivity contribution in [1.29, 1.82) is 0 Å². The molecule has 1 fully saturated rings. The Hall–Kier alpha value is -2.45. The van der Waals surface area contributed by atoms with Gasteiger partial charge in [0.05, 0.1) is 24.5 Å². The fourth-order valence-corrected chi connectivity index (χ4v) is 3.56. The van der Waals surface area contributed by atoms with Gasteiger partial charge in [-0.25, -0.2) is 4.98 Å². The van der Waals surface area contributed by atoms with Gasteiger partial charge in [-0.3, -0.25) is 23.8 Å². The molecule has 1 aliphatic rings. The number of imidazole rings is 1. The third kappa shape index (κ3) is 5.13. The molecular formula is C21H31N5O3. The summed E-state index contributed by atoms with van der Waals surface area (Å²) in [6.07, 6.45) is 4.09. The Morgan fingerprint density at radius 3 is 2.76 bits per heavy atom. The highest BCUT2D eigenvalue weighted by molar-refractivity contribution is 5.95. The number of carbonyl (C=O) groups is 2. The molecule has 0 radical (unpaired) electrons. The number of aryl methyl sites for hydroxylation is 1. The molecule has 0 unspecified atom stereocenters. The Morgan fingerprint density at radius 2 is 2.03 bits per heavy atom. The Morgan fingerprint density at radius 1 is 1.28 bits per heavy atom. The van der Waals surface area contributed by atoms with E-state index in [0.717, 1.165) is 57.0 Å². The van der Waals surface area contributed by atoms with E-state index >= 15 is 0 Å². The molecule has 1 saturated heterocycles. The number of anilines is 1. The first-order valence-corrected chi connectivity index (χ1v) is 10.3. The molecule has 2 amide bonds. The molecular weight excluding hydrogens is 370 g/mol. The number of ether oxygens (including phenoxy) is 1. The van der Waals surface area contributed by atoms with Crippen LogP contribution < -0.4 is 10.2 Å². The van der Waals surface area contributed by atoms with E-state index in [1.54, 1.807) is 24.2 Å². The monoisotopic (exact) mass is 401 g/mol. The minimum absolute atomic E-state index is 0.0529. The number of unbranched alkanes of at least 4 members (excludes halogenated alkanes) is 1. The Balaban J connectivity index is 1.71. The van der Waals surface area contributed by atoms with Crippen LogP contribution in [0.15, 0.2) is 18.3 Å². The minimum Gasteiger partial charge on any atom is -0.379 e. The second kappa shape index (κ2) is 9.84. The molecule has 8 nitrogen and oxygen atoms in total. The molecule has 0 atom stereocenters. The molecule has 2 aromatic heterocycles. The first-order chi connectivity index (χ1) is 14.0. The number of carbonyl (C=O) groups excluding carboxylic acids is 2. The lowest BCUT2D eigenvalue weighted by Crippen LogP contribution is -2.41. The standard InChI is InChI=1S/C21H31N5O3/c1-4-5-6-19(27)24(3)21-16(2)23-18-8-7-17(15-26(18)21)20(28)22-9-10-25-11-13-29-14-12-25/h7-8,15H,4-6,9-14H2,1-3H3,(H,22,28). The van der Waals surface area contributed by atoms with Gasteiger partial charge in [0.2, 0.25) is 5.91 Å². The van der Waals surface area contributed by atoms with E-state index in [9.17, 15) is 9.59 Å². The van der Waals surface area contributed by atoms with E-state index in [1.807, 2.05) is 17.4 Å². The number of hydrogen-bond acceptors (Lipinski definition) is 5. The van der Waals surface area contributed by atoms with Gasteiger partial charge < -0.3 is 10.1 Å². The number of fused-ring (bicyclic) bond motifs is 1. The summed E-state index contributed by atoms with van der Waals surface area (Å²) in [5.41, 5.74) is 2.03. The van der Waals surface area contributed by atoms with E-state index in [-0.39, 0.29) is 11.8 Å². The third-order valence-electron chi connectivity index (χ3n) is 5.28. The number of amides is 2. The van der Waals surface area contributed by atoms with Crippen LogP contribution in [0.25, 0.3) is 5.65 Å². The summed E-state index contributed by atoms with van der Waals surface area (Å²) in [7, 11) is 1.77. The highest BCUT2D eigenvalue weighted by Crippen LogP contribution is 2.22. The number of pyridine rings is 1. The number of aromatic nitrogens is 2. The molecule has 158 valence electrons. The SMILES string of the molecule is CCCCC(=O)N(C)c1c(C)nc2ccc(C(=O)NCCN3CCOCC3)cn12. The van der Waals surface area contributed by atoms with Gasteiger partial charge in [0.1, 0.15) is 11.5 Å². The average Bonchev–Trinajstić information content (AvgIpc) is 3.06. The Kier molecular flexibility index (Phi) is 7.22. The number of rotatable bonds is 8. The van der Waals surface area contributed by atoms with Gasteiger partial charge in [-0.15, -0.1) is 0 Å². The quantitative estimate of drug-likeness (QED) is 0.730. The second-order valence-corrected chi connectivity index (χ2v) is 7.43. The van der Waals surface area contributed by atoms with E-state index in [0.29, 0.717) is 24.3 Å². The molecule has 0 aromatic carbocycles. The van der Waals surface area contributed by atoms with Crippen LogP contribution in [0.3, 0.4) is 0 Å². The molecule has 2 aromatic rings. The molecule has 1 aliphatic heterocycles. The predicted molar refractivity (Wildman–Crippen MR) is 112 cm³/mol. The largest absolute Gasteiger partial charge is 0.379 e. The maximum atomic E-state index is 12.6. The lowest BCUT2D eigenvalue weighted by molar-refractivity contribution is -0.118. The molecule has 3 rings (SSSR count). The maximum absolute atomic E-state index is 12.6. The molecule has 3 heterocycles. The molecule has 0 bridgehead atoms. The first kappa shape index (κ1) is 21.3. The summed E-state index contributed by atoms with van der Waals surface area (Å²) in [6.45, 7) is 8.64. The molecule has 1 N–H and O–H groups in total. The van der Waals surface area contributed by atoms with Crippen molar-refractivity contribution in [3.05, 3.63) is 29.6 Å². The highest BCUT2D eigenvalue weighted by Gasteiger charge is 2.19. The van der Waals surface area contributed by atoms with Crippen LogP contribution >= 0.6 is 0 Å². The van der Waals surface area contributed by atoms with Crippen molar-refractivity contribution in [2.45, 2.75) is 33.1 Å². The van der Waals surface area contributed by atoms with E-state index in [4.69, 9.17) is 4.74 Å². The molecule has 0 aliphatic carbocycles. The molecule has 8 heteroatoms. The van der Waals surface area contributed by atoms with Crippen molar-refractivity contribution in [2.75, 3.05) is 51.3 Å². The zero-order chi connectivity index (χ0) is 20.8. The summed E-state index contributed by atoms with van der Waals surface area (Å²) in [5, 5.41) is 2.98. The van der Waals surface area contributed by atoms with E-state index in [2.05, 4.69) is 22.1 Å². The number of hydrogen-bond donors (Lipinski definition) is 1. The second-order valence-electron chi connectivity index (χ2n) is 7.43. The lowest BCUT2D eigenvalue weighted by Gasteiger charge is -2.26. The van der Waals surface area contributed by atoms with Crippen LogP contribution in [-0.2, 0) is 9.53 Å². The fourth-order valence-electron chi connectivity index (χ4n) is 3.56. The van der Waals surface area contributed by atoms with Crippen LogP contribution in [0.2, 0.25) is 0 Å². The van der Waals surface area contributed by atoms with Gasteiger partial charge in [-0.1, -0.05) is 13.3 Å². The lowest BCUT2D eigenvalue weighted by atomic mass is 10.2. The average molecular weight is 402 g/mol. The highest BCUT2D eigenvalue weighted by atomic mass is 16.5. The Bertz CT molecular complexity index is 857. The zero-order valence-electron chi connectivity index (χ0n) is 17.6.